The highest BCUT2D eigenvalue weighted by atomic mass is 19.1. The van der Waals surface area contributed by atoms with Gasteiger partial charge < -0.3 is 5.32 Å². The summed E-state index contributed by atoms with van der Waals surface area (Å²) in [5.41, 5.74) is 0.269. The average molecular weight is 297 g/mol. The van der Waals surface area contributed by atoms with E-state index in [9.17, 15) is 8.78 Å². The summed E-state index contributed by atoms with van der Waals surface area (Å²) in [5.74, 6) is -0.787. The van der Waals surface area contributed by atoms with Gasteiger partial charge in [-0.15, -0.1) is 0 Å². The van der Waals surface area contributed by atoms with E-state index in [1.807, 2.05) is 0 Å². The molecule has 1 aromatic rings. The molecule has 0 atom stereocenters. The maximum atomic E-state index is 13.3. The largest absolute Gasteiger partial charge is 0.383 e. The molecule has 0 bridgehead atoms. The molecule has 3 heteroatoms. The highest BCUT2D eigenvalue weighted by Gasteiger charge is 2.02. The Labute approximate surface area is 128 Å². The molecule has 120 valence electrons. The lowest BCUT2D eigenvalue weighted by molar-refractivity contribution is 0.559. The van der Waals surface area contributed by atoms with Crippen LogP contribution in [0.1, 0.15) is 71.1 Å². The van der Waals surface area contributed by atoms with Crippen molar-refractivity contribution in [3.8, 4) is 0 Å². The van der Waals surface area contributed by atoms with E-state index in [0.29, 0.717) is 6.54 Å². The van der Waals surface area contributed by atoms with Gasteiger partial charge in [-0.05, 0) is 24.6 Å². The van der Waals surface area contributed by atoms with Gasteiger partial charge in [-0.3, -0.25) is 0 Å². The summed E-state index contributed by atoms with van der Waals surface area (Å²) in [6, 6.07) is 3.52. The Morgan fingerprint density at radius 3 is 2.00 bits per heavy atom. The Kier molecular flexibility index (Phi) is 9.84. The molecule has 0 unspecified atom stereocenters. The van der Waals surface area contributed by atoms with Gasteiger partial charge in [-0.2, -0.15) is 0 Å². The van der Waals surface area contributed by atoms with Crippen LogP contribution in [0.5, 0.6) is 0 Å². The first kappa shape index (κ1) is 17.9. The summed E-state index contributed by atoms with van der Waals surface area (Å²) in [4.78, 5) is 0. The first-order valence-electron chi connectivity index (χ1n) is 8.43. The molecular weight excluding hydrogens is 268 g/mol. The Morgan fingerprint density at radius 1 is 0.810 bits per heavy atom. The second-order valence-corrected chi connectivity index (χ2v) is 5.73. The van der Waals surface area contributed by atoms with Crippen molar-refractivity contribution in [3.63, 3.8) is 0 Å². The van der Waals surface area contributed by atoms with Crippen molar-refractivity contribution in [1.29, 1.82) is 0 Å². The van der Waals surface area contributed by atoms with Crippen molar-refractivity contribution in [2.45, 2.75) is 71.1 Å². The van der Waals surface area contributed by atoms with E-state index in [-0.39, 0.29) is 11.5 Å². The third-order valence-electron chi connectivity index (χ3n) is 3.77. The normalized spacial score (nSPS) is 10.8. The molecule has 0 aliphatic carbocycles. The van der Waals surface area contributed by atoms with Crippen LogP contribution >= 0.6 is 0 Å². The van der Waals surface area contributed by atoms with Gasteiger partial charge in [0.2, 0.25) is 0 Å². The van der Waals surface area contributed by atoms with Gasteiger partial charge in [0.05, 0.1) is 5.69 Å². The molecule has 0 spiro atoms. The van der Waals surface area contributed by atoms with Crippen LogP contribution in [0.2, 0.25) is 0 Å². The summed E-state index contributed by atoms with van der Waals surface area (Å²) in [6.45, 7) is 2.95. The molecule has 0 aromatic heterocycles. The lowest BCUT2D eigenvalue weighted by Gasteiger charge is -2.07. The minimum atomic E-state index is -0.401. The first-order valence-corrected chi connectivity index (χ1v) is 8.43. The van der Waals surface area contributed by atoms with Crippen molar-refractivity contribution < 1.29 is 8.78 Å². The molecule has 1 nitrogen and oxygen atoms in total. The highest BCUT2D eigenvalue weighted by molar-refractivity contribution is 5.44. The zero-order chi connectivity index (χ0) is 15.3. The van der Waals surface area contributed by atoms with Crippen LogP contribution in [0.4, 0.5) is 14.5 Å². The maximum absolute atomic E-state index is 13.3. The minimum Gasteiger partial charge on any atom is -0.383 e. The molecule has 0 amide bonds. The molecule has 1 N–H and O–H groups in total. The second-order valence-electron chi connectivity index (χ2n) is 5.73. The molecule has 0 aliphatic rings. The number of rotatable bonds is 12. The third-order valence-corrected chi connectivity index (χ3v) is 3.77. The number of benzene rings is 1. The summed E-state index contributed by atoms with van der Waals surface area (Å²) < 4.78 is 26.3. The van der Waals surface area contributed by atoms with Gasteiger partial charge in [0.1, 0.15) is 11.6 Å². The topological polar surface area (TPSA) is 12.0 Å². The monoisotopic (exact) mass is 297 g/mol. The van der Waals surface area contributed by atoms with Crippen molar-refractivity contribution in [2.75, 3.05) is 11.9 Å². The Bertz CT molecular complexity index is 379. The number of nitrogens with one attached hydrogen (secondary N) is 1. The molecule has 0 aliphatic heterocycles. The fraction of sp³-hybridized carbons (Fsp3) is 0.667. The zero-order valence-electron chi connectivity index (χ0n) is 13.3. The van der Waals surface area contributed by atoms with Crippen LogP contribution in [-0.2, 0) is 0 Å². The second kappa shape index (κ2) is 11.5. The van der Waals surface area contributed by atoms with Crippen LogP contribution in [0.3, 0.4) is 0 Å². The maximum Gasteiger partial charge on any atom is 0.146 e. The van der Waals surface area contributed by atoms with Crippen molar-refractivity contribution in [1.82, 2.24) is 0 Å². The molecule has 0 saturated carbocycles. The van der Waals surface area contributed by atoms with E-state index < -0.39 is 5.82 Å². The average Bonchev–Trinajstić information content (AvgIpc) is 2.48. The standard InChI is InChI=1S/C18H29F2N/c1-2-3-4-5-6-7-8-9-10-11-14-21-18-15-16(19)12-13-17(18)20/h12-13,15,21H,2-11,14H2,1H3. The van der Waals surface area contributed by atoms with E-state index in [0.717, 1.165) is 25.0 Å². The van der Waals surface area contributed by atoms with Crippen molar-refractivity contribution in [3.05, 3.63) is 29.8 Å². The van der Waals surface area contributed by atoms with Crippen molar-refractivity contribution >= 4 is 5.69 Å². The molecule has 1 rings (SSSR count). The molecule has 21 heavy (non-hydrogen) atoms. The fourth-order valence-electron chi connectivity index (χ4n) is 2.47. The smallest absolute Gasteiger partial charge is 0.146 e. The number of unbranched alkanes of at least 4 members (excludes halogenated alkanes) is 9. The Balaban J connectivity index is 1.94. The number of hydrogen-bond acceptors (Lipinski definition) is 1. The molecule has 1 aromatic carbocycles. The van der Waals surface area contributed by atoms with Gasteiger partial charge >= 0.3 is 0 Å². The summed E-state index contributed by atoms with van der Waals surface area (Å²) in [6.07, 6.45) is 12.8. The van der Waals surface area contributed by atoms with Gasteiger partial charge in [0.15, 0.2) is 0 Å². The van der Waals surface area contributed by atoms with Gasteiger partial charge in [0, 0.05) is 6.54 Å². The fourth-order valence-corrected chi connectivity index (χ4v) is 2.47. The number of hydrogen-bond donors (Lipinski definition) is 1. The third kappa shape index (κ3) is 8.69. The molecule has 0 saturated heterocycles. The van der Waals surface area contributed by atoms with Crippen LogP contribution in [0.25, 0.3) is 0 Å². The lowest BCUT2D eigenvalue weighted by Crippen LogP contribution is -2.03. The van der Waals surface area contributed by atoms with Gasteiger partial charge in [-0.25, -0.2) is 8.78 Å². The predicted octanol–water partition coefficient (Wildman–Crippen LogP) is 6.30. The predicted molar refractivity (Wildman–Crippen MR) is 86.7 cm³/mol. The van der Waals surface area contributed by atoms with E-state index in [1.54, 1.807) is 0 Å². The minimum absolute atomic E-state index is 0.269. The van der Waals surface area contributed by atoms with Crippen LogP contribution in [0, 0.1) is 11.6 Å². The zero-order valence-corrected chi connectivity index (χ0v) is 13.3. The van der Waals surface area contributed by atoms with E-state index >= 15 is 0 Å². The molecule has 0 heterocycles. The van der Waals surface area contributed by atoms with Gasteiger partial charge in [-0.1, -0.05) is 64.7 Å². The van der Waals surface area contributed by atoms with E-state index in [4.69, 9.17) is 0 Å². The highest BCUT2D eigenvalue weighted by Crippen LogP contribution is 2.15. The van der Waals surface area contributed by atoms with E-state index in [2.05, 4.69) is 12.2 Å². The number of halogens is 2. The molecular formula is C18H29F2N. The van der Waals surface area contributed by atoms with Gasteiger partial charge in [0.25, 0.3) is 0 Å². The van der Waals surface area contributed by atoms with Crippen molar-refractivity contribution in [2.24, 2.45) is 0 Å². The summed E-state index contributed by atoms with van der Waals surface area (Å²) in [5, 5.41) is 2.96. The summed E-state index contributed by atoms with van der Waals surface area (Å²) >= 11 is 0. The lowest BCUT2D eigenvalue weighted by atomic mass is 10.1. The van der Waals surface area contributed by atoms with E-state index in [1.165, 1.54) is 57.4 Å². The Hall–Kier alpha value is -1.12. The van der Waals surface area contributed by atoms with Crippen LogP contribution in [-0.4, -0.2) is 6.54 Å². The Morgan fingerprint density at radius 2 is 1.38 bits per heavy atom. The molecule has 0 fully saturated rings. The quantitative estimate of drug-likeness (QED) is 0.446. The van der Waals surface area contributed by atoms with Crippen LogP contribution in [0.15, 0.2) is 18.2 Å². The number of anilines is 1. The molecule has 0 radical (unpaired) electrons. The summed E-state index contributed by atoms with van der Waals surface area (Å²) in [7, 11) is 0. The first-order chi connectivity index (χ1) is 10.2. The van der Waals surface area contributed by atoms with Crippen LogP contribution < -0.4 is 5.32 Å². The SMILES string of the molecule is CCCCCCCCCCCCNc1cc(F)ccc1F.